The van der Waals surface area contributed by atoms with E-state index in [2.05, 4.69) is 0 Å². The van der Waals surface area contributed by atoms with Gasteiger partial charge in [-0.25, -0.2) is 9.18 Å². The predicted octanol–water partition coefficient (Wildman–Crippen LogP) is 2.97. The van der Waals surface area contributed by atoms with Crippen molar-refractivity contribution in [2.24, 2.45) is 0 Å². The standard InChI is InChI=1S/C16H21FO6S/c1-2-16(7-3-4-8-16)23-14-11-12(5-6-13(14)17)15(18)22-9-10-24(19,20)21/h5-6,11H,2-4,7-10H2,1H3,(H,19,20,21). The molecule has 0 unspecified atom stereocenters. The summed E-state index contributed by atoms with van der Waals surface area (Å²) in [5.41, 5.74) is -0.347. The van der Waals surface area contributed by atoms with Gasteiger partial charge in [0.25, 0.3) is 10.1 Å². The average molecular weight is 360 g/mol. The Bertz CT molecular complexity index is 695. The summed E-state index contributed by atoms with van der Waals surface area (Å²) < 4.78 is 54.5. The van der Waals surface area contributed by atoms with Crippen molar-refractivity contribution in [3.05, 3.63) is 29.6 Å². The van der Waals surface area contributed by atoms with Crippen LogP contribution < -0.4 is 4.74 Å². The van der Waals surface area contributed by atoms with E-state index in [0.717, 1.165) is 38.2 Å². The molecule has 134 valence electrons. The highest BCUT2D eigenvalue weighted by molar-refractivity contribution is 7.85. The third-order valence-electron chi connectivity index (χ3n) is 4.23. The molecule has 1 fully saturated rings. The van der Waals surface area contributed by atoms with E-state index in [1.807, 2.05) is 6.92 Å². The number of hydrogen-bond donors (Lipinski definition) is 1. The Morgan fingerprint density at radius 1 is 1.33 bits per heavy atom. The van der Waals surface area contributed by atoms with Gasteiger partial charge in [0.1, 0.15) is 18.0 Å². The Balaban J connectivity index is 2.08. The van der Waals surface area contributed by atoms with E-state index >= 15 is 0 Å². The van der Waals surface area contributed by atoms with Crippen LogP contribution in [0.15, 0.2) is 18.2 Å². The first-order valence-electron chi connectivity index (χ1n) is 7.85. The highest BCUT2D eigenvalue weighted by Crippen LogP contribution is 2.38. The third-order valence-corrected chi connectivity index (χ3v) is 4.91. The minimum atomic E-state index is -4.21. The largest absolute Gasteiger partial charge is 0.484 e. The first-order valence-corrected chi connectivity index (χ1v) is 9.46. The molecular weight excluding hydrogens is 339 g/mol. The van der Waals surface area contributed by atoms with E-state index in [1.165, 1.54) is 12.1 Å². The molecule has 1 aliphatic carbocycles. The van der Waals surface area contributed by atoms with E-state index in [4.69, 9.17) is 14.0 Å². The zero-order chi connectivity index (χ0) is 17.8. The molecule has 0 saturated heterocycles. The zero-order valence-corrected chi connectivity index (χ0v) is 14.3. The second-order valence-electron chi connectivity index (χ2n) is 5.91. The monoisotopic (exact) mass is 360 g/mol. The maximum absolute atomic E-state index is 14.0. The van der Waals surface area contributed by atoms with Crippen LogP contribution in [0.4, 0.5) is 4.39 Å². The van der Waals surface area contributed by atoms with Gasteiger partial charge in [0.05, 0.1) is 5.56 Å². The first-order chi connectivity index (χ1) is 11.2. The first kappa shape index (κ1) is 18.7. The Morgan fingerprint density at radius 3 is 2.58 bits per heavy atom. The topological polar surface area (TPSA) is 89.9 Å². The van der Waals surface area contributed by atoms with Gasteiger partial charge in [0.2, 0.25) is 0 Å². The molecule has 0 heterocycles. The second kappa shape index (κ2) is 7.48. The van der Waals surface area contributed by atoms with E-state index in [9.17, 15) is 17.6 Å². The van der Waals surface area contributed by atoms with Crippen LogP contribution in [0.25, 0.3) is 0 Å². The molecule has 1 aromatic rings. The summed E-state index contributed by atoms with van der Waals surface area (Å²) in [5, 5.41) is 0. The number of ether oxygens (including phenoxy) is 2. The number of rotatable bonds is 7. The van der Waals surface area contributed by atoms with E-state index in [0.29, 0.717) is 0 Å². The van der Waals surface area contributed by atoms with Gasteiger partial charge < -0.3 is 9.47 Å². The van der Waals surface area contributed by atoms with Gasteiger partial charge >= 0.3 is 5.97 Å². The van der Waals surface area contributed by atoms with Crippen LogP contribution in [-0.4, -0.2) is 36.9 Å². The van der Waals surface area contributed by atoms with Crippen molar-refractivity contribution in [3.63, 3.8) is 0 Å². The third kappa shape index (κ3) is 4.91. The predicted molar refractivity (Wildman–Crippen MR) is 85.2 cm³/mol. The summed E-state index contributed by atoms with van der Waals surface area (Å²) in [5.74, 6) is -2.07. The van der Waals surface area contributed by atoms with Crippen molar-refractivity contribution in [2.75, 3.05) is 12.4 Å². The molecule has 0 bridgehead atoms. The van der Waals surface area contributed by atoms with Crippen molar-refractivity contribution in [1.29, 1.82) is 0 Å². The SMILES string of the molecule is CCC1(Oc2cc(C(=O)OCCS(=O)(=O)O)ccc2F)CCCC1. The number of carbonyl (C=O) groups excluding carboxylic acids is 1. The van der Waals surface area contributed by atoms with E-state index < -0.39 is 39.9 Å². The van der Waals surface area contributed by atoms with Crippen LogP contribution in [0.3, 0.4) is 0 Å². The Hall–Kier alpha value is -1.67. The molecule has 0 aliphatic heterocycles. The van der Waals surface area contributed by atoms with Gasteiger partial charge in [-0.05, 0) is 50.3 Å². The van der Waals surface area contributed by atoms with Crippen LogP contribution in [0, 0.1) is 5.82 Å². The molecular formula is C16H21FO6S. The fourth-order valence-corrected chi connectivity index (χ4v) is 3.11. The summed E-state index contributed by atoms with van der Waals surface area (Å²) >= 11 is 0. The van der Waals surface area contributed by atoms with Crippen molar-refractivity contribution < 1.29 is 31.6 Å². The summed E-state index contributed by atoms with van der Waals surface area (Å²) in [4.78, 5) is 11.9. The molecule has 24 heavy (non-hydrogen) atoms. The molecule has 1 N–H and O–H groups in total. The van der Waals surface area contributed by atoms with Gasteiger partial charge in [-0.3, -0.25) is 4.55 Å². The van der Waals surface area contributed by atoms with Crippen LogP contribution in [-0.2, 0) is 14.9 Å². The van der Waals surface area contributed by atoms with Gasteiger partial charge in [0.15, 0.2) is 11.6 Å². The molecule has 0 aromatic heterocycles. The van der Waals surface area contributed by atoms with Crippen molar-refractivity contribution in [2.45, 2.75) is 44.6 Å². The number of hydrogen-bond acceptors (Lipinski definition) is 5. The minimum absolute atomic E-state index is 0.0111. The van der Waals surface area contributed by atoms with Crippen LogP contribution in [0.1, 0.15) is 49.4 Å². The maximum atomic E-state index is 14.0. The number of halogens is 1. The molecule has 1 aliphatic rings. The average Bonchev–Trinajstić information content (AvgIpc) is 2.97. The van der Waals surface area contributed by atoms with Gasteiger partial charge in [-0.2, -0.15) is 8.42 Å². The fraction of sp³-hybridized carbons (Fsp3) is 0.562. The maximum Gasteiger partial charge on any atom is 0.338 e. The second-order valence-corrected chi connectivity index (χ2v) is 7.48. The Morgan fingerprint density at radius 2 is 2.00 bits per heavy atom. The molecule has 1 saturated carbocycles. The molecule has 0 radical (unpaired) electrons. The molecule has 1 aromatic carbocycles. The summed E-state index contributed by atoms with van der Waals surface area (Å²) in [6.45, 7) is 1.50. The zero-order valence-electron chi connectivity index (χ0n) is 13.5. The quantitative estimate of drug-likeness (QED) is 0.594. The number of benzene rings is 1. The highest BCUT2D eigenvalue weighted by atomic mass is 32.2. The van der Waals surface area contributed by atoms with Crippen molar-refractivity contribution in [1.82, 2.24) is 0 Å². The molecule has 0 spiro atoms. The molecule has 6 nitrogen and oxygen atoms in total. The summed E-state index contributed by atoms with van der Waals surface area (Å²) in [6.07, 6.45) is 4.47. The van der Waals surface area contributed by atoms with Gasteiger partial charge in [0, 0.05) is 0 Å². The lowest BCUT2D eigenvalue weighted by molar-refractivity contribution is 0.0519. The molecule has 0 amide bonds. The fourth-order valence-electron chi connectivity index (χ4n) is 2.81. The molecule has 2 rings (SSSR count). The van der Waals surface area contributed by atoms with Gasteiger partial charge in [-0.1, -0.05) is 6.92 Å². The van der Waals surface area contributed by atoms with Crippen LogP contribution >= 0.6 is 0 Å². The van der Waals surface area contributed by atoms with Crippen LogP contribution in [0.5, 0.6) is 5.75 Å². The minimum Gasteiger partial charge on any atom is -0.484 e. The van der Waals surface area contributed by atoms with E-state index in [-0.39, 0.29) is 11.3 Å². The van der Waals surface area contributed by atoms with Crippen molar-refractivity contribution >= 4 is 16.1 Å². The van der Waals surface area contributed by atoms with Crippen LogP contribution in [0.2, 0.25) is 0 Å². The normalized spacial score (nSPS) is 16.8. The number of carbonyl (C=O) groups is 1. The summed E-state index contributed by atoms with van der Waals surface area (Å²) in [6, 6.07) is 3.62. The lowest BCUT2D eigenvalue weighted by Gasteiger charge is -2.29. The Kier molecular flexibility index (Phi) is 5.82. The molecule has 8 heteroatoms. The lowest BCUT2D eigenvalue weighted by Crippen LogP contribution is -2.32. The van der Waals surface area contributed by atoms with Crippen molar-refractivity contribution in [3.8, 4) is 5.75 Å². The smallest absolute Gasteiger partial charge is 0.338 e. The van der Waals surface area contributed by atoms with Gasteiger partial charge in [-0.15, -0.1) is 0 Å². The highest BCUT2D eigenvalue weighted by Gasteiger charge is 2.35. The summed E-state index contributed by atoms with van der Waals surface area (Å²) in [7, 11) is -4.21. The number of esters is 1. The van der Waals surface area contributed by atoms with E-state index in [1.54, 1.807) is 0 Å². The molecule has 0 atom stereocenters. The Labute approximate surface area is 140 Å². The lowest BCUT2D eigenvalue weighted by atomic mass is 9.98.